The lowest BCUT2D eigenvalue weighted by molar-refractivity contribution is -0.302. The Hall–Kier alpha value is -2.74. The van der Waals surface area contributed by atoms with Gasteiger partial charge in [0.05, 0.1) is 18.6 Å². The fraction of sp³-hybridized carbons (Fsp3) is 0.235. The van der Waals surface area contributed by atoms with Crippen molar-refractivity contribution in [1.29, 1.82) is 0 Å². The second kappa shape index (κ2) is 6.29. The maximum absolute atomic E-state index is 13.5. The molecule has 0 saturated heterocycles. The summed E-state index contributed by atoms with van der Waals surface area (Å²) in [5.41, 5.74) is -2.57. The summed E-state index contributed by atoms with van der Waals surface area (Å²) in [6.45, 7) is 0. The third kappa shape index (κ3) is 3.25. The van der Waals surface area contributed by atoms with Gasteiger partial charge in [-0.3, -0.25) is 9.78 Å². The van der Waals surface area contributed by atoms with Gasteiger partial charge in [-0.05, 0) is 11.6 Å². The first-order valence-corrected chi connectivity index (χ1v) is 7.45. The van der Waals surface area contributed by atoms with E-state index in [-0.39, 0.29) is 17.1 Å². The Labute approximate surface area is 141 Å². The van der Waals surface area contributed by atoms with E-state index in [0.29, 0.717) is 11.1 Å². The van der Waals surface area contributed by atoms with Gasteiger partial charge in [0.2, 0.25) is 5.91 Å². The van der Waals surface area contributed by atoms with Crippen LogP contribution in [0.3, 0.4) is 0 Å². The van der Waals surface area contributed by atoms with Crippen LogP contribution in [0.2, 0.25) is 0 Å². The van der Waals surface area contributed by atoms with Crippen LogP contribution in [0.4, 0.5) is 13.2 Å². The highest BCUT2D eigenvalue weighted by Gasteiger charge is 2.63. The molecule has 1 amide bonds. The SMILES string of the molecule is O=C(Cc1ccccc1)N1N=C(c2cccnc2)C[C@]1(O)C(F)(F)F. The molecule has 1 atom stereocenters. The van der Waals surface area contributed by atoms with Crippen molar-refractivity contribution in [2.24, 2.45) is 5.10 Å². The number of alkyl halides is 3. The first-order chi connectivity index (χ1) is 11.8. The predicted octanol–water partition coefficient (Wildman–Crippen LogP) is 2.51. The number of aliphatic hydroxyl groups is 1. The molecular weight excluding hydrogens is 335 g/mol. The van der Waals surface area contributed by atoms with Gasteiger partial charge in [-0.1, -0.05) is 36.4 Å². The summed E-state index contributed by atoms with van der Waals surface area (Å²) in [4.78, 5) is 16.2. The monoisotopic (exact) mass is 349 g/mol. The molecule has 0 fully saturated rings. The van der Waals surface area contributed by atoms with Gasteiger partial charge in [0.25, 0.3) is 5.72 Å². The smallest absolute Gasteiger partial charge is 0.362 e. The van der Waals surface area contributed by atoms with Crippen LogP contribution in [0.1, 0.15) is 17.5 Å². The molecule has 3 rings (SSSR count). The van der Waals surface area contributed by atoms with Crippen LogP contribution in [-0.4, -0.2) is 38.6 Å². The number of aromatic nitrogens is 1. The lowest BCUT2D eigenvalue weighted by Crippen LogP contribution is -2.57. The lowest BCUT2D eigenvalue weighted by atomic mass is 10.0. The van der Waals surface area contributed by atoms with E-state index in [4.69, 9.17) is 0 Å². The van der Waals surface area contributed by atoms with Gasteiger partial charge >= 0.3 is 6.18 Å². The van der Waals surface area contributed by atoms with Crippen molar-refractivity contribution in [3.8, 4) is 0 Å². The first-order valence-electron chi connectivity index (χ1n) is 7.45. The van der Waals surface area contributed by atoms with E-state index >= 15 is 0 Å². The molecule has 2 aromatic rings. The Morgan fingerprint density at radius 2 is 1.92 bits per heavy atom. The van der Waals surface area contributed by atoms with Gasteiger partial charge in [0.1, 0.15) is 0 Å². The lowest BCUT2D eigenvalue weighted by Gasteiger charge is -2.32. The molecule has 1 aromatic heterocycles. The molecule has 0 aliphatic carbocycles. The van der Waals surface area contributed by atoms with Crippen molar-refractivity contribution in [3.63, 3.8) is 0 Å². The Morgan fingerprint density at radius 3 is 2.52 bits per heavy atom. The van der Waals surface area contributed by atoms with E-state index in [9.17, 15) is 23.1 Å². The summed E-state index contributed by atoms with van der Waals surface area (Å²) in [5, 5.41) is 14.1. The summed E-state index contributed by atoms with van der Waals surface area (Å²) >= 11 is 0. The molecule has 5 nitrogen and oxygen atoms in total. The van der Waals surface area contributed by atoms with Crippen LogP contribution in [0.5, 0.6) is 0 Å². The van der Waals surface area contributed by atoms with Gasteiger partial charge in [0, 0.05) is 18.0 Å². The molecule has 25 heavy (non-hydrogen) atoms. The Morgan fingerprint density at radius 1 is 1.20 bits per heavy atom. The van der Waals surface area contributed by atoms with E-state index in [1.807, 2.05) is 0 Å². The highest BCUT2D eigenvalue weighted by atomic mass is 19.4. The van der Waals surface area contributed by atoms with Crippen molar-refractivity contribution in [2.45, 2.75) is 24.7 Å². The molecule has 0 spiro atoms. The molecule has 2 heterocycles. The van der Waals surface area contributed by atoms with Gasteiger partial charge < -0.3 is 5.11 Å². The fourth-order valence-corrected chi connectivity index (χ4v) is 2.57. The predicted molar refractivity (Wildman–Crippen MR) is 83.4 cm³/mol. The van der Waals surface area contributed by atoms with Crippen LogP contribution < -0.4 is 0 Å². The number of hydrogen-bond donors (Lipinski definition) is 1. The largest absolute Gasteiger partial charge is 0.438 e. The minimum atomic E-state index is -5.05. The van der Waals surface area contributed by atoms with Crippen LogP contribution in [0, 0.1) is 0 Å². The van der Waals surface area contributed by atoms with Crippen LogP contribution in [0.15, 0.2) is 60.0 Å². The average Bonchev–Trinajstić information content (AvgIpc) is 2.96. The second-order valence-electron chi connectivity index (χ2n) is 5.65. The molecular formula is C17H14F3N3O2. The molecule has 1 N–H and O–H groups in total. The number of carbonyl (C=O) groups excluding carboxylic acids is 1. The third-order valence-corrected chi connectivity index (χ3v) is 3.87. The minimum absolute atomic E-state index is 0.0469. The second-order valence-corrected chi connectivity index (χ2v) is 5.65. The van der Waals surface area contributed by atoms with E-state index in [1.165, 1.54) is 18.5 Å². The summed E-state index contributed by atoms with van der Waals surface area (Å²) in [7, 11) is 0. The molecule has 0 radical (unpaired) electrons. The molecule has 1 aromatic carbocycles. The number of hydrazone groups is 1. The molecule has 0 saturated carbocycles. The van der Waals surface area contributed by atoms with Crippen molar-refractivity contribution >= 4 is 11.6 Å². The third-order valence-electron chi connectivity index (χ3n) is 3.87. The minimum Gasteiger partial charge on any atom is -0.362 e. The number of nitrogens with zero attached hydrogens (tertiary/aromatic N) is 3. The van der Waals surface area contributed by atoms with Gasteiger partial charge in [-0.15, -0.1) is 0 Å². The zero-order chi connectivity index (χ0) is 18.1. The van der Waals surface area contributed by atoms with E-state index in [2.05, 4.69) is 10.1 Å². The summed E-state index contributed by atoms with van der Waals surface area (Å²) < 4.78 is 40.4. The van der Waals surface area contributed by atoms with Crippen molar-refractivity contribution in [1.82, 2.24) is 9.99 Å². The highest BCUT2D eigenvalue weighted by molar-refractivity contribution is 6.03. The standard InChI is InChI=1S/C17H14F3N3O2/c18-17(19,20)16(25)10-14(13-7-4-8-21-11-13)22-23(16)15(24)9-12-5-2-1-3-6-12/h1-8,11,25H,9-10H2/t16-/m0/s1. The Balaban J connectivity index is 1.94. The van der Waals surface area contributed by atoms with Gasteiger partial charge in [-0.25, -0.2) is 0 Å². The number of amides is 1. The highest BCUT2D eigenvalue weighted by Crippen LogP contribution is 2.41. The van der Waals surface area contributed by atoms with Gasteiger partial charge in [0.15, 0.2) is 0 Å². The molecule has 130 valence electrons. The van der Waals surface area contributed by atoms with E-state index in [0.717, 1.165) is 0 Å². The maximum atomic E-state index is 13.5. The topological polar surface area (TPSA) is 65.8 Å². The van der Waals surface area contributed by atoms with Crippen LogP contribution in [-0.2, 0) is 11.2 Å². The summed E-state index contributed by atoms with van der Waals surface area (Å²) in [6.07, 6.45) is -3.40. The molecule has 8 heteroatoms. The number of hydrogen-bond acceptors (Lipinski definition) is 4. The quantitative estimate of drug-likeness (QED) is 0.926. The Kier molecular flexibility index (Phi) is 4.30. The molecule has 1 aliphatic heterocycles. The number of halogens is 3. The fourth-order valence-electron chi connectivity index (χ4n) is 2.57. The van der Waals surface area contributed by atoms with Crippen LogP contribution in [0.25, 0.3) is 0 Å². The molecule has 0 unspecified atom stereocenters. The summed E-state index contributed by atoms with van der Waals surface area (Å²) in [5.74, 6) is -0.940. The summed E-state index contributed by atoms with van der Waals surface area (Å²) in [6, 6.07) is 11.4. The zero-order valence-electron chi connectivity index (χ0n) is 12.9. The number of benzene rings is 1. The molecule has 0 bridgehead atoms. The number of carbonyl (C=O) groups is 1. The first kappa shape index (κ1) is 17.1. The van der Waals surface area contributed by atoms with Crippen molar-refractivity contribution in [2.75, 3.05) is 0 Å². The van der Waals surface area contributed by atoms with Crippen LogP contribution >= 0.6 is 0 Å². The molecule has 1 aliphatic rings. The maximum Gasteiger partial charge on any atom is 0.438 e. The van der Waals surface area contributed by atoms with E-state index < -0.39 is 24.2 Å². The van der Waals surface area contributed by atoms with E-state index in [1.54, 1.807) is 36.4 Å². The van der Waals surface area contributed by atoms with Gasteiger partial charge in [-0.2, -0.15) is 23.3 Å². The Bertz CT molecular complexity index is 794. The number of pyridine rings is 1. The average molecular weight is 349 g/mol. The van der Waals surface area contributed by atoms with Crippen molar-refractivity contribution < 1.29 is 23.1 Å². The zero-order valence-corrected chi connectivity index (χ0v) is 12.9. The number of rotatable bonds is 3. The van der Waals surface area contributed by atoms with Crippen molar-refractivity contribution in [3.05, 3.63) is 66.0 Å². The normalized spacial score (nSPS) is 20.5.